The van der Waals surface area contributed by atoms with Crippen molar-refractivity contribution in [1.29, 1.82) is 0 Å². The lowest BCUT2D eigenvalue weighted by Crippen LogP contribution is -2.09. The minimum Gasteiger partial charge on any atom is -0.360 e. The molecule has 0 amide bonds. The summed E-state index contributed by atoms with van der Waals surface area (Å²) in [5.41, 5.74) is 0.904. The molecule has 0 saturated carbocycles. The lowest BCUT2D eigenvalue weighted by molar-refractivity contribution is 0.853. The molecule has 2 heterocycles. The van der Waals surface area contributed by atoms with Crippen LogP contribution in [0.4, 0.5) is 5.82 Å². The second kappa shape index (κ2) is 4.35. The van der Waals surface area contributed by atoms with Gasteiger partial charge in [0.2, 0.25) is 0 Å². The van der Waals surface area contributed by atoms with Gasteiger partial charge in [0, 0.05) is 24.0 Å². The maximum atomic E-state index is 4.25. The van der Waals surface area contributed by atoms with E-state index in [0.717, 1.165) is 16.5 Å². The van der Waals surface area contributed by atoms with Gasteiger partial charge in [-0.15, -0.1) is 11.3 Å². The number of aryl methyl sites for hydroxylation is 1. The van der Waals surface area contributed by atoms with Crippen molar-refractivity contribution in [2.75, 3.05) is 5.32 Å². The van der Waals surface area contributed by atoms with E-state index in [1.165, 1.54) is 0 Å². The summed E-state index contributed by atoms with van der Waals surface area (Å²) in [7, 11) is 0. The van der Waals surface area contributed by atoms with E-state index < -0.39 is 0 Å². The van der Waals surface area contributed by atoms with Gasteiger partial charge in [-0.25, -0.2) is 9.97 Å². The van der Waals surface area contributed by atoms with E-state index >= 15 is 0 Å². The summed E-state index contributed by atoms with van der Waals surface area (Å²) in [4.78, 5) is 12.7. The van der Waals surface area contributed by atoms with Gasteiger partial charge in [-0.3, -0.25) is 4.98 Å². The molecule has 2 aromatic rings. The number of rotatable bonds is 3. The van der Waals surface area contributed by atoms with Crippen LogP contribution in [0.2, 0.25) is 0 Å². The summed E-state index contributed by atoms with van der Waals surface area (Å²) in [5, 5.41) is 6.31. The number of thiazole rings is 1. The van der Waals surface area contributed by atoms with Gasteiger partial charge < -0.3 is 5.32 Å². The molecule has 0 spiro atoms. The molecule has 1 atom stereocenters. The molecule has 0 saturated heterocycles. The van der Waals surface area contributed by atoms with Crippen LogP contribution in [-0.4, -0.2) is 15.0 Å². The van der Waals surface area contributed by atoms with E-state index in [9.17, 15) is 0 Å². The minimum atomic E-state index is 0.167. The maximum absolute atomic E-state index is 4.25. The summed E-state index contributed by atoms with van der Waals surface area (Å²) in [6.45, 7) is 4.00. The van der Waals surface area contributed by atoms with Crippen molar-refractivity contribution in [3.05, 3.63) is 34.7 Å². The summed E-state index contributed by atoms with van der Waals surface area (Å²) < 4.78 is 0. The molecular weight excluding hydrogens is 208 g/mol. The fourth-order valence-electron chi connectivity index (χ4n) is 1.26. The third kappa shape index (κ3) is 2.30. The van der Waals surface area contributed by atoms with Crippen molar-refractivity contribution in [3.63, 3.8) is 0 Å². The van der Waals surface area contributed by atoms with Gasteiger partial charge >= 0.3 is 0 Å². The Hall–Kier alpha value is -1.49. The molecule has 2 aromatic heterocycles. The second-order valence-electron chi connectivity index (χ2n) is 3.23. The van der Waals surface area contributed by atoms with Crippen molar-refractivity contribution in [1.82, 2.24) is 15.0 Å². The lowest BCUT2D eigenvalue weighted by Gasteiger charge is -2.12. The highest BCUT2D eigenvalue weighted by Gasteiger charge is 2.09. The minimum absolute atomic E-state index is 0.167. The number of hydrogen-bond acceptors (Lipinski definition) is 5. The Kier molecular flexibility index (Phi) is 2.91. The van der Waals surface area contributed by atoms with Crippen molar-refractivity contribution in [3.8, 4) is 0 Å². The molecule has 0 bridgehead atoms. The first-order chi connectivity index (χ1) is 7.27. The van der Waals surface area contributed by atoms with Crippen molar-refractivity contribution >= 4 is 17.2 Å². The van der Waals surface area contributed by atoms with Crippen LogP contribution >= 0.6 is 11.3 Å². The number of aromatic nitrogens is 3. The van der Waals surface area contributed by atoms with E-state index in [2.05, 4.69) is 27.2 Å². The molecule has 0 aliphatic rings. The van der Waals surface area contributed by atoms with Crippen LogP contribution in [0.15, 0.2) is 24.0 Å². The Morgan fingerprint density at radius 2 is 2.00 bits per heavy atom. The van der Waals surface area contributed by atoms with Crippen LogP contribution in [0.3, 0.4) is 0 Å². The monoisotopic (exact) mass is 220 g/mol. The average molecular weight is 220 g/mol. The van der Waals surface area contributed by atoms with Crippen molar-refractivity contribution in [2.24, 2.45) is 0 Å². The molecule has 0 fully saturated rings. The van der Waals surface area contributed by atoms with Gasteiger partial charge in [0.1, 0.15) is 10.8 Å². The smallest absolute Gasteiger partial charge is 0.147 e. The van der Waals surface area contributed by atoms with Crippen LogP contribution in [0, 0.1) is 6.92 Å². The Morgan fingerprint density at radius 3 is 2.67 bits per heavy atom. The van der Waals surface area contributed by atoms with Gasteiger partial charge in [-0.2, -0.15) is 0 Å². The Morgan fingerprint density at radius 1 is 1.20 bits per heavy atom. The quantitative estimate of drug-likeness (QED) is 0.863. The Labute approximate surface area is 92.4 Å². The van der Waals surface area contributed by atoms with Crippen LogP contribution in [0.25, 0.3) is 0 Å². The first-order valence-electron chi connectivity index (χ1n) is 4.71. The van der Waals surface area contributed by atoms with Gasteiger partial charge in [0.15, 0.2) is 0 Å². The predicted molar refractivity (Wildman–Crippen MR) is 60.9 cm³/mol. The zero-order valence-corrected chi connectivity index (χ0v) is 9.45. The van der Waals surface area contributed by atoms with Gasteiger partial charge in [-0.1, -0.05) is 0 Å². The number of hydrogen-bond donors (Lipinski definition) is 1. The molecule has 5 heteroatoms. The molecular formula is C10H12N4S. The van der Waals surface area contributed by atoms with E-state index in [1.807, 2.05) is 18.5 Å². The molecule has 0 aromatic carbocycles. The summed E-state index contributed by atoms with van der Waals surface area (Å²) >= 11 is 1.63. The zero-order chi connectivity index (χ0) is 10.7. The molecule has 15 heavy (non-hydrogen) atoms. The number of nitrogens with zero attached hydrogens (tertiary/aromatic N) is 3. The molecule has 0 radical (unpaired) electrons. The third-order valence-corrected chi connectivity index (χ3v) is 3.01. The van der Waals surface area contributed by atoms with E-state index in [0.29, 0.717) is 0 Å². The summed E-state index contributed by atoms with van der Waals surface area (Å²) in [6, 6.07) is 0.167. The molecule has 0 aliphatic heterocycles. The lowest BCUT2D eigenvalue weighted by atomic mass is 10.3. The Balaban J connectivity index is 2.13. The SMILES string of the molecule is Cc1nccnc1NC(C)c1nccs1. The van der Waals surface area contributed by atoms with Gasteiger partial charge in [0.05, 0.1) is 11.7 Å². The first kappa shape index (κ1) is 10.0. The topological polar surface area (TPSA) is 50.7 Å². The highest BCUT2D eigenvalue weighted by atomic mass is 32.1. The van der Waals surface area contributed by atoms with Gasteiger partial charge in [-0.05, 0) is 13.8 Å². The van der Waals surface area contributed by atoms with Crippen molar-refractivity contribution < 1.29 is 0 Å². The van der Waals surface area contributed by atoms with E-state index in [-0.39, 0.29) is 6.04 Å². The first-order valence-corrected chi connectivity index (χ1v) is 5.59. The molecule has 4 nitrogen and oxygen atoms in total. The standard InChI is InChI=1S/C10H12N4S/c1-7-9(12-4-3-11-7)14-8(2)10-13-5-6-15-10/h3-6,8H,1-2H3,(H,12,14). The van der Waals surface area contributed by atoms with Gasteiger partial charge in [0.25, 0.3) is 0 Å². The molecule has 0 aliphatic carbocycles. The maximum Gasteiger partial charge on any atom is 0.147 e. The highest BCUT2D eigenvalue weighted by Crippen LogP contribution is 2.20. The largest absolute Gasteiger partial charge is 0.360 e. The third-order valence-electron chi connectivity index (χ3n) is 2.06. The molecule has 78 valence electrons. The summed E-state index contributed by atoms with van der Waals surface area (Å²) in [6.07, 6.45) is 5.18. The number of nitrogens with one attached hydrogen (secondary N) is 1. The second-order valence-corrected chi connectivity index (χ2v) is 4.15. The average Bonchev–Trinajstić information content (AvgIpc) is 2.74. The molecule has 2 rings (SSSR count). The Bertz CT molecular complexity index is 427. The zero-order valence-electron chi connectivity index (χ0n) is 8.64. The van der Waals surface area contributed by atoms with Crippen molar-refractivity contribution in [2.45, 2.75) is 19.9 Å². The van der Waals surface area contributed by atoms with Crippen LogP contribution < -0.4 is 5.32 Å². The fraction of sp³-hybridized carbons (Fsp3) is 0.300. The normalized spacial score (nSPS) is 12.4. The number of anilines is 1. The molecule has 1 N–H and O–H groups in total. The van der Waals surface area contributed by atoms with Crippen LogP contribution in [0.1, 0.15) is 23.7 Å². The van der Waals surface area contributed by atoms with Crippen LogP contribution in [0.5, 0.6) is 0 Å². The summed E-state index contributed by atoms with van der Waals surface area (Å²) in [5.74, 6) is 0.820. The molecule has 1 unspecified atom stereocenters. The van der Waals surface area contributed by atoms with E-state index in [1.54, 1.807) is 23.7 Å². The van der Waals surface area contributed by atoms with Crippen LogP contribution in [-0.2, 0) is 0 Å². The van der Waals surface area contributed by atoms with E-state index in [4.69, 9.17) is 0 Å². The fourth-order valence-corrected chi connectivity index (χ4v) is 1.91. The highest BCUT2D eigenvalue weighted by molar-refractivity contribution is 7.09. The predicted octanol–water partition coefficient (Wildman–Crippen LogP) is 2.41.